The Labute approximate surface area is 170 Å². The molecule has 4 nitrogen and oxygen atoms in total. The van der Waals surface area contributed by atoms with Gasteiger partial charge in [0.1, 0.15) is 0 Å². The second kappa shape index (κ2) is 8.93. The molecule has 146 valence electrons. The third-order valence-corrected chi connectivity index (χ3v) is 4.77. The van der Waals surface area contributed by atoms with Crippen molar-refractivity contribution in [1.29, 1.82) is 0 Å². The molecule has 0 unspecified atom stereocenters. The van der Waals surface area contributed by atoms with Gasteiger partial charge in [-0.2, -0.15) is 0 Å². The molecule has 3 aromatic carbocycles. The number of benzene rings is 3. The molecule has 4 heteroatoms. The van der Waals surface area contributed by atoms with E-state index in [1.165, 1.54) is 5.57 Å². The zero-order valence-corrected chi connectivity index (χ0v) is 16.3. The highest BCUT2D eigenvalue weighted by Gasteiger charge is 2.14. The Bertz CT molecular complexity index is 1070. The minimum absolute atomic E-state index is 0.546. The number of allylic oxidation sites excluding steroid dienone is 1. The summed E-state index contributed by atoms with van der Waals surface area (Å²) in [5.41, 5.74) is 19.4. The Morgan fingerprint density at radius 1 is 0.862 bits per heavy atom. The Morgan fingerprint density at radius 3 is 2.10 bits per heavy atom. The van der Waals surface area contributed by atoms with Crippen LogP contribution < -0.4 is 11.5 Å². The lowest BCUT2D eigenvalue weighted by molar-refractivity contribution is -0.131. The van der Waals surface area contributed by atoms with Gasteiger partial charge in [-0.3, -0.25) is 0 Å². The number of nitrogens with two attached hydrogens (primary N) is 2. The lowest BCUT2D eigenvalue weighted by Crippen LogP contribution is -1.99. The largest absolute Gasteiger partial charge is 0.478 e. The van der Waals surface area contributed by atoms with Crippen molar-refractivity contribution < 1.29 is 9.90 Å². The quantitative estimate of drug-likeness (QED) is 0.305. The number of carboxylic acids is 1. The van der Waals surface area contributed by atoms with Crippen LogP contribution in [0.25, 0.3) is 17.2 Å². The summed E-state index contributed by atoms with van der Waals surface area (Å²) in [5.74, 6) is -0.968. The first-order chi connectivity index (χ1) is 14.0. The van der Waals surface area contributed by atoms with E-state index in [4.69, 9.17) is 16.6 Å². The van der Waals surface area contributed by atoms with Crippen molar-refractivity contribution in [3.8, 4) is 0 Å². The first kappa shape index (κ1) is 20.0. The Balaban J connectivity index is 2.19. The van der Waals surface area contributed by atoms with Crippen molar-refractivity contribution in [1.82, 2.24) is 0 Å². The van der Waals surface area contributed by atoms with Gasteiger partial charge in [0.05, 0.1) is 11.4 Å². The summed E-state index contributed by atoms with van der Waals surface area (Å²) in [4.78, 5) is 10.8. The summed E-state index contributed by atoms with van der Waals surface area (Å²) < 4.78 is 0. The van der Waals surface area contributed by atoms with Crippen LogP contribution in [0.5, 0.6) is 0 Å². The number of anilines is 2. The first-order valence-corrected chi connectivity index (χ1v) is 9.45. The SMILES string of the molecule is CC/C(=C(/c1ccc(/C=C/C(=O)O)cc1)c1ccc(N)c(N)c1)c1ccccc1. The average molecular weight is 384 g/mol. The minimum atomic E-state index is -0.968. The van der Waals surface area contributed by atoms with Crippen molar-refractivity contribution in [3.05, 3.63) is 101 Å². The molecule has 5 N–H and O–H groups in total. The zero-order valence-electron chi connectivity index (χ0n) is 16.3. The molecule has 0 spiro atoms. The van der Waals surface area contributed by atoms with Crippen LogP contribution >= 0.6 is 0 Å². The van der Waals surface area contributed by atoms with Crippen LogP contribution in [0.2, 0.25) is 0 Å². The fraction of sp³-hybridized carbons (Fsp3) is 0.0800. The van der Waals surface area contributed by atoms with Crippen molar-refractivity contribution in [2.45, 2.75) is 13.3 Å². The van der Waals surface area contributed by atoms with Gasteiger partial charge in [0.25, 0.3) is 0 Å². The van der Waals surface area contributed by atoms with E-state index in [0.717, 1.165) is 40.3 Å². The highest BCUT2D eigenvalue weighted by Crippen LogP contribution is 2.36. The van der Waals surface area contributed by atoms with E-state index in [-0.39, 0.29) is 0 Å². The normalized spacial score (nSPS) is 12.0. The molecule has 0 heterocycles. The summed E-state index contributed by atoms with van der Waals surface area (Å²) in [7, 11) is 0. The molecule has 0 aliphatic heterocycles. The summed E-state index contributed by atoms with van der Waals surface area (Å²) in [6.07, 6.45) is 3.55. The van der Waals surface area contributed by atoms with Gasteiger partial charge < -0.3 is 16.6 Å². The molecule has 29 heavy (non-hydrogen) atoms. The van der Waals surface area contributed by atoms with E-state index in [1.54, 1.807) is 6.08 Å². The van der Waals surface area contributed by atoms with Crippen LogP contribution in [0.1, 0.15) is 35.6 Å². The third-order valence-electron chi connectivity index (χ3n) is 4.77. The second-order valence-electron chi connectivity index (χ2n) is 6.71. The molecule has 0 atom stereocenters. The minimum Gasteiger partial charge on any atom is -0.478 e. The zero-order chi connectivity index (χ0) is 20.8. The van der Waals surface area contributed by atoms with E-state index in [0.29, 0.717) is 11.4 Å². The van der Waals surface area contributed by atoms with E-state index < -0.39 is 5.97 Å². The van der Waals surface area contributed by atoms with Crippen LogP contribution in [0.15, 0.2) is 78.9 Å². The van der Waals surface area contributed by atoms with Gasteiger partial charge in [-0.05, 0) is 58.0 Å². The number of carboxylic acid groups (broad SMARTS) is 1. The molecule has 0 saturated heterocycles. The van der Waals surface area contributed by atoms with Gasteiger partial charge in [-0.15, -0.1) is 0 Å². The topological polar surface area (TPSA) is 89.3 Å². The lowest BCUT2D eigenvalue weighted by Gasteiger charge is -2.17. The highest BCUT2D eigenvalue weighted by atomic mass is 16.4. The monoisotopic (exact) mass is 384 g/mol. The Kier molecular flexibility index (Phi) is 6.15. The molecule has 3 aromatic rings. The fourth-order valence-corrected chi connectivity index (χ4v) is 3.34. The molecule has 0 radical (unpaired) electrons. The van der Waals surface area contributed by atoms with Crippen LogP contribution in [-0.4, -0.2) is 11.1 Å². The van der Waals surface area contributed by atoms with E-state index in [1.807, 2.05) is 60.7 Å². The molecular weight excluding hydrogens is 360 g/mol. The van der Waals surface area contributed by atoms with Gasteiger partial charge in [0.2, 0.25) is 0 Å². The van der Waals surface area contributed by atoms with Crippen LogP contribution in [0.4, 0.5) is 11.4 Å². The maximum Gasteiger partial charge on any atom is 0.328 e. The predicted molar refractivity (Wildman–Crippen MR) is 121 cm³/mol. The molecule has 0 bridgehead atoms. The maximum absolute atomic E-state index is 10.8. The van der Waals surface area contributed by atoms with E-state index in [9.17, 15) is 4.79 Å². The summed E-state index contributed by atoms with van der Waals surface area (Å²) >= 11 is 0. The van der Waals surface area contributed by atoms with E-state index >= 15 is 0 Å². The number of hydrogen-bond donors (Lipinski definition) is 3. The fourth-order valence-electron chi connectivity index (χ4n) is 3.34. The molecule has 0 fully saturated rings. The van der Waals surface area contributed by atoms with Crippen LogP contribution in [0, 0.1) is 0 Å². The molecule has 0 aliphatic carbocycles. The van der Waals surface area contributed by atoms with Crippen molar-refractivity contribution >= 4 is 34.6 Å². The van der Waals surface area contributed by atoms with Crippen molar-refractivity contribution in [3.63, 3.8) is 0 Å². The second-order valence-corrected chi connectivity index (χ2v) is 6.71. The molecule has 3 rings (SSSR count). The predicted octanol–water partition coefficient (Wildman–Crippen LogP) is 5.32. The van der Waals surface area contributed by atoms with Crippen molar-refractivity contribution in [2.24, 2.45) is 0 Å². The van der Waals surface area contributed by atoms with Gasteiger partial charge in [-0.1, -0.05) is 67.6 Å². The van der Waals surface area contributed by atoms with Gasteiger partial charge in [0, 0.05) is 6.08 Å². The summed E-state index contributed by atoms with van der Waals surface area (Å²) in [5, 5.41) is 8.83. The molecule has 0 saturated carbocycles. The first-order valence-electron chi connectivity index (χ1n) is 9.45. The number of carbonyl (C=O) groups is 1. The van der Waals surface area contributed by atoms with Gasteiger partial charge >= 0.3 is 5.97 Å². The molecular formula is C25H24N2O2. The Hall–Kier alpha value is -3.79. The molecule has 0 amide bonds. The Morgan fingerprint density at radius 2 is 1.52 bits per heavy atom. The highest BCUT2D eigenvalue weighted by molar-refractivity contribution is 5.99. The summed E-state index contributed by atoms with van der Waals surface area (Å²) in [6.45, 7) is 2.13. The third kappa shape index (κ3) is 4.74. The maximum atomic E-state index is 10.8. The number of nitrogen functional groups attached to an aromatic ring is 2. The number of rotatable bonds is 6. The van der Waals surface area contributed by atoms with Crippen LogP contribution in [-0.2, 0) is 4.79 Å². The molecule has 0 aliphatic rings. The van der Waals surface area contributed by atoms with Crippen molar-refractivity contribution in [2.75, 3.05) is 11.5 Å². The van der Waals surface area contributed by atoms with E-state index in [2.05, 4.69) is 19.1 Å². The number of hydrogen-bond acceptors (Lipinski definition) is 3. The molecule has 0 aromatic heterocycles. The number of aliphatic carboxylic acids is 1. The van der Waals surface area contributed by atoms with Gasteiger partial charge in [-0.25, -0.2) is 4.79 Å². The smallest absolute Gasteiger partial charge is 0.328 e. The average Bonchev–Trinajstić information content (AvgIpc) is 2.73. The standard InChI is InChI=1S/C25H24N2O2/c1-2-21(18-6-4-3-5-7-18)25(20-13-14-22(26)23(27)16-20)19-11-8-17(9-12-19)10-15-24(28)29/h3-16H,2,26-27H2,1H3,(H,28,29)/b15-10+,25-21+. The van der Waals surface area contributed by atoms with Gasteiger partial charge in [0.15, 0.2) is 0 Å². The van der Waals surface area contributed by atoms with Crippen LogP contribution in [0.3, 0.4) is 0 Å². The lowest BCUT2D eigenvalue weighted by atomic mass is 9.87. The summed E-state index contributed by atoms with van der Waals surface area (Å²) in [6, 6.07) is 23.8.